The molecule has 0 saturated carbocycles. The second kappa shape index (κ2) is 15.9. The molecule has 0 aromatic rings. The second-order valence-corrected chi connectivity index (χ2v) is 0.316. The van der Waals surface area contributed by atoms with E-state index in [9.17, 15) is 0 Å². The minimum atomic E-state index is 0. The number of aliphatic hydroxyl groups excluding tert-OH is 1. The number of rotatable bonds is 0. The van der Waals surface area contributed by atoms with Crippen molar-refractivity contribution in [2.75, 3.05) is 6.61 Å². The Balaban J connectivity index is -0.0000000200. The summed E-state index contributed by atoms with van der Waals surface area (Å²) in [5, 5.41) is 7.57. The third-order valence-electron chi connectivity index (χ3n) is 0. The molecule has 0 aromatic heterocycles. The summed E-state index contributed by atoms with van der Waals surface area (Å²) in [6.07, 6.45) is 0. The first-order valence-corrected chi connectivity index (χ1v) is 1.02. The standard InChI is InChI=1S/C2H6O.Ba.Y.2H/c1-2-3;;;;/h3H,2H2,1H3;;;;. The van der Waals surface area contributed by atoms with Crippen LogP contribution in [0.5, 0.6) is 0 Å². The van der Waals surface area contributed by atoms with Gasteiger partial charge in [0, 0.05) is 39.3 Å². The summed E-state index contributed by atoms with van der Waals surface area (Å²) in [6.45, 7) is 1.93. The van der Waals surface area contributed by atoms with Crippen molar-refractivity contribution in [3.63, 3.8) is 0 Å². The van der Waals surface area contributed by atoms with Gasteiger partial charge in [0.1, 0.15) is 0 Å². The molecule has 1 N–H and O–H groups in total. The first-order chi connectivity index (χ1) is 1.41. The van der Waals surface area contributed by atoms with E-state index in [0.717, 1.165) is 0 Å². The van der Waals surface area contributed by atoms with Gasteiger partial charge in [-0.2, -0.15) is 0 Å². The Bertz CT molecular complexity index is 9.61. The van der Waals surface area contributed by atoms with E-state index >= 15 is 0 Å². The molecule has 3 heteroatoms. The van der Waals surface area contributed by atoms with E-state index in [2.05, 4.69) is 0 Å². The van der Waals surface area contributed by atoms with Crippen LogP contribution in [-0.2, 0) is 32.7 Å². The molecule has 5 heavy (non-hydrogen) atoms. The monoisotopic (exact) mass is 275 g/mol. The Kier molecular flexibility index (Phi) is 49.9. The van der Waals surface area contributed by atoms with Crippen LogP contribution in [0, 0.1) is 0 Å². The minimum absolute atomic E-state index is 0. The van der Waals surface area contributed by atoms with Crippen molar-refractivity contribution in [3.05, 3.63) is 0 Å². The number of hydrogen-bond donors (Lipinski definition) is 1. The molecule has 0 amide bonds. The van der Waals surface area contributed by atoms with Gasteiger partial charge in [0.25, 0.3) is 0 Å². The van der Waals surface area contributed by atoms with Crippen LogP contribution in [-0.4, -0.2) is 60.6 Å². The van der Waals surface area contributed by atoms with Gasteiger partial charge in [0.2, 0.25) is 0 Å². The van der Waals surface area contributed by atoms with Crippen molar-refractivity contribution in [2.45, 2.75) is 6.92 Å². The SMILES string of the molecule is CCO.[BaH2].[Y]. The maximum absolute atomic E-state index is 7.57. The largest absolute Gasteiger partial charge is 0 e. The van der Waals surface area contributed by atoms with Crippen LogP contribution in [0.4, 0.5) is 0 Å². The minimum Gasteiger partial charge on any atom is 0 e. The molecule has 0 spiro atoms. The third kappa shape index (κ3) is 20.5. The van der Waals surface area contributed by atoms with E-state index in [1.807, 2.05) is 0 Å². The molecule has 1 nitrogen and oxygen atoms in total. The van der Waals surface area contributed by atoms with E-state index < -0.39 is 0 Å². The first-order valence-electron chi connectivity index (χ1n) is 1.02. The quantitative estimate of drug-likeness (QED) is 0.567. The van der Waals surface area contributed by atoms with Crippen molar-refractivity contribution in [3.8, 4) is 0 Å². The Morgan fingerprint density at radius 2 is 1.60 bits per heavy atom. The summed E-state index contributed by atoms with van der Waals surface area (Å²) in [7, 11) is 0. The average molecular weight is 274 g/mol. The molecule has 0 aliphatic heterocycles. The van der Waals surface area contributed by atoms with E-state index in [0.29, 0.717) is 0 Å². The molecule has 27 valence electrons. The van der Waals surface area contributed by atoms with Crippen LogP contribution < -0.4 is 0 Å². The van der Waals surface area contributed by atoms with E-state index in [1.165, 1.54) is 0 Å². The molecule has 0 unspecified atom stereocenters. The van der Waals surface area contributed by atoms with Gasteiger partial charge >= 0.3 is 48.9 Å². The maximum atomic E-state index is 7.57. The van der Waals surface area contributed by atoms with Crippen LogP contribution in [0.1, 0.15) is 6.92 Å². The molecule has 0 saturated heterocycles. The van der Waals surface area contributed by atoms with Gasteiger partial charge in [-0.1, -0.05) is 0 Å². The van der Waals surface area contributed by atoms with Gasteiger partial charge in [0.05, 0.1) is 0 Å². The van der Waals surface area contributed by atoms with E-state index in [-0.39, 0.29) is 88.2 Å². The zero-order valence-corrected chi connectivity index (χ0v) is 5.57. The summed E-state index contributed by atoms with van der Waals surface area (Å²) < 4.78 is 0. The first kappa shape index (κ1) is 15.6. The summed E-state index contributed by atoms with van der Waals surface area (Å²) >= 11 is 0. The fraction of sp³-hybridized carbons (Fsp3) is 1.00. The fourth-order valence-electron chi connectivity index (χ4n) is 0. The molecule has 0 bridgehead atoms. The smallest absolute Gasteiger partial charge is 0 e. The maximum Gasteiger partial charge on any atom is 0 e. The predicted octanol–water partition coefficient (Wildman–Crippen LogP) is -0.920. The molecular formula is C2H8BaOY. The van der Waals surface area contributed by atoms with Gasteiger partial charge in [-0.05, 0) is 6.92 Å². The van der Waals surface area contributed by atoms with Gasteiger partial charge < -0.3 is 5.11 Å². The summed E-state index contributed by atoms with van der Waals surface area (Å²) in [6, 6.07) is 0. The van der Waals surface area contributed by atoms with Crippen molar-refractivity contribution in [2.24, 2.45) is 0 Å². The van der Waals surface area contributed by atoms with Crippen molar-refractivity contribution < 1.29 is 37.8 Å². The van der Waals surface area contributed by atoms with E-state index in [4.69, 9.17) is 5.11 Å². The molecule has 1 radical (unpaired) electrons. The molecule has 0 atom stereocenters. The van der Waals surface area contributed by atoms with Crippen molar-refractivity contribution in [1.82, 2.24) is 0 Å². The summed E-state index contributed by atoms with van der Waals surface area (Å²) in [5.74, 6) is 0. The zero-order valence-electron chi connectivity index (χ0n) is 2.73. The molecular weight excluding hydrogens is 266 g/mol. The molecule has 0 aromatic carbocycles. The van der Waals surface area contributed by atoms with Gasteiger partial charge in [-0.15, -0.1) is 0 Å². The topological polar surface area (TPSA) is 20.2 Å². The second-order valence-electron chi connectivity index (χ2n) is 0.316. The molecule has 0 aliphatic rings. The Morgan fingerprint density at radius 3 is 1.60 bits per heavy atom. The average Bonchev–Trinajstić information content (AvgIpc) is 0.918. The van der Waals surface area contributed by atoms with Gasteiger partial charge in [-0.25, -0.2) is 0 Å². The zero-order chi connectivity index (χ0) is 2.71. The number of hydrogen-bond acceptors (Lipinski definition) is 1. The number of aliphatic hydroxyl groups is 1. The molecule has 0 rings (SSSR count). The summed E-state index contributed by atoms with van der Waals surface area (Å²) in [4.78, 5) is 0. The molecule has 0 aliphatic carbocycles. The third-order valence-corrected chi connectivity index (χ3v) is 0. The molecule has 0 fully saturated rings. The van der Waals surface area contributed by atoms with Crippen molar-refractivity contribution >= 4 is 48.9 Å². The van der Waals surface area contributed by atoms with Crippen LogP contribution in [0.15, 0.2) is 0 Å². The van der Waals surface area contributed by atoms with E-state index in [1.54, 1.807) is 6.92 Å². The predicted molar refractivity (Wildman–Crippen MR) is 21.3 cm³/mol. The van der Waals surface area contributed by atoms with Gasteiger partial charge in [-0.3, -0.25) is 0 Å². The van der Waals surface area contributed by atoms with Crippen LogP contribution >= 0.6 is 0 Å². The van der Waals surface area contributed by atoms with Crippen molar-refractivity contribution in [1.29, 1.82) is 0 Å². The Morgan fingerprint density at radius 1 is 1.60 bits per heavy atom. The Hall–Kier alpha value is 2.64. The Labute approximate surface area is 97.9 Å². The van der Waals surface area contributed by atoms with Crippen LogP contribution in [0.3, 0.4) is 0 Å². The van der Waals surface area contributed by atoms with Crippen LogP contribution in [0.2, 0.25) is 0 Å². The van der Waals surface area contributed by atoms with Crippen LogP contribution in [0.25, 0.3) is 0 Å². The molecule has 0 heterocycles. The van der Waals surface area contributed by atoms with Gasteiger partial charge in [0.15, 0.2) is 0 Å². The normalized spacial score (nSPS) is 3.60. The fourth-order valence-corrected chi connectivity index (χ4v) is 0. The summed E-state index contributed by atoms with van der Waals surface area (Å²) in [5.41, 5.74) is 0.